The average molecular weight is 355 g/mol. The van der Waals surface area contributed by atoms with Gasteiger partial charge in [-0.05, 0) is 42.3 Å². The van der Waals surface area contributed by atoms with Gasteiger partial charge < -0.3 is 10.1 Å². The minimum Gasteiger partial charge on any atom is -0.492 e. The van der Waals surface area contributed by atoms with Crippen LogP contribution in [0.3, 0.4) is 0 Å². The second-order valence-corrected chi connectivity index (χ2v) is 5.35. The highest BCUT2D eigenvalue weighted by molar-refractivity contribution is 5.76. The van der Waals surface area contributed by atoms with Gasteiger partial charge in [0.15, 0.2) is 0 Å². The summed E-state index contributed by atoms with van der Waals surface area (Å²) in [7, 11) is 0. The molecule has 2 aromatic carbocycles. The predicted molar refractivity (Wildman–Crippen MR) is 84.7 cm³/mol. The first-order valence-corrected chi connectivity index (χ1v) is 7.66. The van der Waals surface area contributed by atoms with E-state index in [1.807, 2.05) is 0 Å². The summed E-state index contributed by atoms with van der Waals surface area (Å²) in [5.41, 5.74) is 0.0603. The van der Waals surface area contributed by atoms with Crippen molar-refractivity contribution in [3.8, 4) is 5.75 Å². The molecule has 25 heavy (non-hydrogen) atoms. The maximum absolute atomic E-state index is 12.8. The van der Waals surface area contributed by atoms with Gasteiger partial charge >= 0.3 is 6.18 Å². The molecule has 0 fully saturated rings. The lowest BCUT2D eigenvalue weighted by molar-refractivity contribution is -0.137. The summed E-state index contributed by atoms with van der Waals surface area (Å²) in [6.07, 6.45) is -3.72. The zero-order chi connectivity index (χ0) is 18.3. The summed E-state index contributed by atoms with van der Waals surface area (Å²) in [5, 5.41) is 2.62. The predicted octanol–water partition coefficient (Wildman–Crippen LogP) is 3.97. The summed E-state index contributed by atoms with van der Waals surface area (Å²) in [4.78, 5) is 11.7. The number of hydrogen-bond donors (Lipinski definition) is 1. The van der Waals surface area contributed by atoms with E-state index in [1.165, 1.54) is 24.3 Å². The van der Waals surface area contributed by atoms with E-state index in [1.54, 1.807) is 12.1 Å². The van der Waals surface area contributed by atoms with Crippen LogP contribution in [-0.2, 0) is 17.4 Å². The number of carbonyl (C=O) groups excluding carboxylic acids is 1. The molecular weight excluding hydrogens is 338 g/mol. The first-order chi connectivity index (χ1) is 11.8. The van der Waals surface area contributed by atoms with Crippen molar-refractivity contribution in [2.75, 3.05) is 13.2 Å². The number of halogens is 4. The van der Waals surface area contributed by atoms with Gasteiger partial charge in [0.25, 0.3) is 0 Å². The van der Waals surface area contributed by atoms with Gasteiger partial charge in [0, 0.05) is 6.42 Å². The van der Waals surface area contributed by atoms with Gasteiger partial charge in [-0.25, -0.2) is 4.39 Å². The summed E-state index contributed by atoms with van der Waals surface area (Å²) < 4.78 is 55.7. The quantitative estimate of drug-likeness (QED) is 0.603. The van der Waals surface area contributed by atoms with Crippen LogP contribution in [0.2, 0.25) is 0 Å². The van der Waals surface area contributed by atoms with E-state index < -0.39 is 11.7 Å². The smallest absolute Gasteiger partial charge is 0.416 e. The minimum absolute atomic E-state index is 0.0591. The highest BCUT2D eigenvalue weighted by atomic mass is 19.4. The van der Waals surface area contributed by atoms with Gasteiger partial charge in [0.05, 0.1) is 12.1 Å². The molecule has 1 amide bonds. The minimum atomic E-state index is -4.42. The molecule has 0 aromatic heterocycles. The molecule has 0 radical (unpaired) electrons. The molecule has 0 aliphatic heterocycles. The Morgan fingerprint density at radius 2 is 1.80 bits per heavy atom. The average Bonchev–Trinajstić information content (AvgIpc) is 2.58. The van der Waals surface area contributed by atoms with E-state index in [0.717, 1.165) is 17.7 Å². The third kappa shape index (κ3) is 6.45. The van der Waals surface area contributed by atoms with Crippen molar-refractivity contribution in [2.45, 2.75) is 19.0 Å². The van der Waals surface area contributed by atoms with Crippen molar-refractivity contribution >= 4 is 5.91 Å². The second kappa shape index (κ2) is 8.50. The van der Waals surface area contributed by atoms with E-state index in [4.69, 9.17) is 4.74 Å². The summed E-state index contributed by atoms with van der Waals surface area (Å²) >= 11 is 0. The van der Waals surface area contributed by atoms with Crippen LogP contribution in [0.5, 0.6) is 5.75 Å². The van der Waals surface area contributed by atoms with Crippen LogP contribution in [0.25, 0.3) is 0 Å². The van der Waals surface area contributed by atoms with Crippen LogP contribution in [0.4, 0.5) is 17.6 Å². The lowest BCUT2D eigenvalue weighted by atomic mass is 10.1. The normalized spacial score (nSPS) is 11.2. The van der Waals surface area contributed by atoms with Crippen molar-refractivity contribution in [1.29, 1.82) is 0 Å². The number of aryl methyl sites for hydroxylation is 1. The molecule has 134 valence electrons. The van der Waals surface area contributed by atoms with Crippen molar-refractivity contribution in [3.05, 3.63) is 65.5 Å². The van der Waals surface area contributed by atoms with Crippen LogP contribution in [0, 0.1) is 5.82 Å². The zero-order valence-corrected chi connectivity index (χ0v) is 13.3. The first kappa shape index (κ1) is 18.8. The van der Waals surface area contributed by atoms with Crippen molar-refractivity contribution < 1.29 is 27.1 Å². The Hall–Kier alpha value is -2.57. The molecule has 0 saturated carbocycles. The third-order valence-corrected chi connectivity index (χ3v) is 3.41. The SMILES string of the molecule is O=C(CCc1ccc(F)cc1)NCCOc1cccc(C(F)(F)F)c1. The fourth-order valence-electron chi connectivity index (χ4n) is 2.12. The van der Waals surface area contributed by atoms with E-state index in [2.05, 4.69) is 5.32 Å². The monoisotopic (exact) mass is 355 g/mol. The number of ether oxygens (including phenoxy) is 1. The van der Waals surface area contributed by atoms with E-state index >= 15 is 0 Å². The Kier molecular flexibility index (Phi) is 6.38. The number of alkyl halides is 3. The summed E-state index contributed by atoms with van der Waals surface area (Å²) in [6, 6.07) is 10.4. The van der Waals surface area contributed by atoms with Crippen LogP contribution < -0.4 is 10.1 Å². The summed E-state index contributed by atoms with van der Waals surface area (Å²) in [6.45, 7) is 0.238. The molecule has 0 spiro atoms. The molecule has 0 aliphatic carbocycles. The van der Waals surface area contributed by atoms with Gasteiger partial charge in [-0.3, -0.25) is 4.79 Å². The van der Waals surface area contributed by atoms with E-state index in [0.29, 0.717) is 6.42 Å². The zero-order valence-electron chi connectivity index (χ0n) is 13.3. The fraction of sp³-hybridized carbons (Fsp3) is 0.278. The van der Waals surface area contributed by atoms with E-state index in [-0.39, 0.29) is 37.0 Å². The van der Waals surface area contributed by atoms with Gasteiger partial charge in [-0.2, -0.15) is 13.2 Å². The largest absolute Gasteiger partial charge is 0.492 e. The molecular formula is C18H17F4NO2. The Bertz CT molecular complexity index is 699. The maximum Gasteiger partial charge on any atom is 0.416 e. The molecule has 0 aliphatic rings. The number of carbonyl (C=O) groups is 1. The van der Waals surface area contributed by atoms with Crippen LogP contribution in [0.1, 0.15) is 17.5 Å². The molecule has 3 nitrogen and oxygen atoms in total. The Morgan fingerprint density at radius 1 is 1.08 bits per heavy atom. The maximum atomic E-state index is 12.8. The van der Waals surface area contributed by atoms with Gasteiger partial charge in [0.2, 0.25) is 5.91 Å². The highest BCUT2D eigenvalue weighted by Crippen LogP contribution is 2.31. The number of rotatable bonds is 7. The first-order valence-electron chi connectivity index (χ1n) is 7.66. The number of nitrogens with one attached hydrogen (secondary N) is 1. The summed E-state index contributed by atoms with van der Waals surface area (Å²) in [5.74, 6) is -0.452. The number of amides is 1. The fourth-order valence-corrected chi connectivity index (χ4v) is 2.12. The molecule has 0 saturated heterocycles. The Morgan fingerprint density at radius 3 is 2.48 bits per heavy atom. The van der Waals surface area contributed by atoms with Crippen LogP contribution in [0.15, 0.2) is 48.5 Å². The standard InChI is InChI=1S/C18H17F4NO2/c19-15-7-4-13(5-8-15)6-9-17(24)23-10-11-25-16-3-1-2-14(12-16)18(20,21)22/h1-5,7-8,12H,6,9-11H2,(H,23,24). The molecule has 2 aromatic rings. The highest BCUT2D eigenvalue weighted by Gasteiger charge is 2.30. The number of benzene rings is 2. The van der Waals surface area contributed by atoms with E-state index in [9.17, 15) is 22.4 Å². The van der Waals surface area contributed by atoms with Crippen LogP contribution in [-0.4, -0.2) is 19.1 Å². The molecule has 0 atom stereocenters. The Balaban J connectivity index is 1.68. The van der Waals surface area contributed by atoms with Gasteiger partial charge in [-0.1, -0.05) is 18.2 Å². The lowest BCUT2D eigenvalue weighted by Gasteiger charge is -2.10. The number of hydrogen-bond acceptors (Lipinski definition) is 2. The lowest BCUT2D eigenvalue weighted by Crippen LogP contribution is -2.28. The Labute approximate surface area is 142 Å². The second-order valence-electron chi connectivity index (χ2n) is 5.35. The van der Waals surface area contributed by atoms with Crippen molar-refractivity contribution in [1.82, 2.24) is 5.32 Å². The van der Waals surface area contributed by atoms with Crippen molar-refractivity contribution in [2.24, 2.45) is 0 Å². The van der Waals surface area contributed by atoms with Crippen molar-refractivity contribution in [3.63, 3.8) is 0 Å². The van der Waals surface area contributed by atoms with Gasteiger partial charge in [0.1, 0.15) is 18.2 Å². The third-order valence-electron chi connectivity index (χ3n) is 3.41. The molecule has 2 rings (SSSR count). The van der Waals surface area contributed by atoms with Crippen LogP contribution >= 0.6 is 0 Å². The molecule has 0 bridgehead atoms. The molecule has 0 heterocycles. The van der Waals surface area contributed by atoms with Gasteiger partial charge in [-0.15, -0.1) is 0 Å². The molecule has 7 heteroatoms. The topological polar surface area (TPSA) is 38.3 Å². The molecule has 1 N–H and O–H groups in total. The molecule has 0 unspecified atom stereocenters.